The van der Waals surface area contributed by atoms with Crippen LogP contribution in [0.3, 0.4) is 0 Å². The molecule has 0 radical (unpaired) electrons. The van der Waals surface area contributed by atoms with Crippen molar-refractivity contribution in [3.63, 3.8) is 0 Å². The Kier molecular flexibility index (Phi) is 11.4. The predicted molar refractivity (Wildman–Crippen MR) is 243 cm³/mol. The fraction of sp³-hybridized carbons (Fsp3) is 0.426. The first-order chi connectivity index (χ1) is 30.3. The molecular weight excluding hydrogens is 837 g/mol. The van der Waals surface area contributed by atoms with Crippen molar-refractivity contribution in [3.8, 4) is 0 Å². The number of rotatable bonds is 11. The number of benzene rings is 2. The molecule has 5 aromatic rings. The summed E-state index contributed by atoms with van der Waals surface area (Å²) in [7, 11) is -8.03. The number of nitrogens with one attached hydrogen (secondary N) is 3. The van der Waals surface area contributed by atoms with Crippen LogP contribution >= 0.6 is 0 Å². The number of aromatic nitrogens is 3. The number of aryl methyl sites for hydroxylation is 2. The molecule has 0 atom stereocenters. The minimum Gasteiger partial charge on any atom is -0.385 e. The zero-order chi connectivity index (χ0) is 44.0. The summed E-state index contributed by atoms with van der Waals surface area (Å²) < 4.78 is 57.8. The van der Waals surface area contributed by atoms with Crippen LogP contribution in [0, 0.1) is 6.92 Å². The standard InChI is InChI=1S/C24H30N4O3S.C23H24N4O3S/c1-2-17-15-19(22(26-16-17)28-13-3-4-14-28)24(10-11-24)23(29)27-32(30,31)21-9-5-8-20-18(21)7-6-12-25-20;1-16-9-10-17-19(25-16)7-4-8-20(17)31(29,30)26-22(28)23(11-12-23)18-6-5-13-24-21(18)27-14-2-3-15-27/h5,8-9,15-16,25H,2-4,6-7,10-14H2,1H3,(H,27,29);4-10,13H,2-3,11-12,14-15H2,1H3,(H,26,28). The lowest BCUT2D eigenvalue weighted by atomic mass is 9.93. The van der Waals surface area contributed by atoms with Crippen molar-refractivity contribution < 1.29 is 26.4 Å². The molecule has 2 aliphatic carbocycles. The van der Waals surface area contributed by atoms with Gasteiger partial charge in [0.25, 0.3) is 20.0 Å². The van der Waals surface area contributed by atoms with Crippen molar-refractivity contribution >= 4 is 60.1 Å². The van der Waals surface area contributed by atoms with E-state index in [-0.39, 0.29) is 9.79 Å². The zero-order valence-electron chi connectivity index (χ0n) is 35.8. The van der Waals surface area contributed by atoms with Gasteiger partial charge in [0, 0.05) is 73.0 Å². The third-order valence-electron chi connectivity index (χ3n) is 13.2. The molecule has 0 unspecified atom stereocenters. The molecule has 2 saturated carbocycles. The van der Waals surface area contributed by atoms with Crippen molar-refractivity contribution in [2.75, 3.05) is 47.8 Å². The number of fused-ring (bicyclic) bond motifs is 2. The van der Waals surface area contributed by atoms with E-state index in [1.165, 1.54) is 6.07 Å². The highest BCUT2D eigenvalue weighted by Crippen LogP contribution is 2.53. The lowest BCUT2D eigenvalue weighted by Gasteiger charge is -2.25. The molecule has 10 rings (SSSR count). The molecule has 3 aromatic heterocycles. The predicted octanol–water partition coefficient (Wildman–Crippen LogP) is 6.21. The van der Waals surface area contributed by atoms with Gasteiger partial charge in [-0.2, -0.15) is 0 Å². The summed E-state index contributed by atoms with van der Waals surface area (Å²) in [6.45, 7) is 8.39. The van der Waals surface area contributed by atoms with Gasteiger partial charge in [-0.1, -0.05) is 25.1 Å². The lowest BCUT2D eigenvalue weighted by Crippen LogP contribution is -2.40. The SMILES string of the molecule is CCc1cnc(N2CCCC2)c(C2(C(=O)NS(=O)(=O)c3cccc4c3CCCN4)CC2)c1.Cc1ccc2c(S(=O)(=O)NC(=O)C3(c4cccnc4N4CCCC4)CC3)cccc2n1. The maximum atomic E-state index is 13.5. The summed E-state index contributed by atoms with van der Waals surface area (Å²) in [5.41, 5.74) is 4.07. The van der Waals surface area contributed by atoms with E-state index in [0.29, 0.717) is 43.0 Å². The van der Waals surface area contributed by atoms with E-state index in [2.05, 4.69) is 47.5 Å². The highest BCUT2D eigenvalue weighted by Gasteiger charge is 2.55. The van der Waals surface area contributed by atoms with Gasteiger partial charge in [0.05, 0.1) is 26.1 Å². The molecule has 2 saturated heterocycles. The lowest BCUT2D eigenvalue weighted by molar-refractivity contribution is -0.122. The second kappa shape index (κ2) is 16.8. The number of nitrogens with zero attached hydrogens (tertiary/aromatic N) is 5. The molecule has 4 fully saturated rings. The molecule has 6 heterocycles. The highest BCUT2D eigenvalue weighted by molar-refractivity contribution is 7.90. The number of hydrogen-bond acceptors (Lipinski definition) is 12. The highest BCUT2D eigenvalue weighted by atomic mass is 32.2. The normalized spacial score (nSPS) is 18.4. The number of amides is 2. The van der Waals surface area contributed by atoms with Crippen LogP contribution in [-0.4, -0.2) is 76.3 Å². The average Bonchev–Trinajstić information content (AvgIpc) is 4.15. The number of carbonyl (C=O) groups is 2. The maximum Gasteiger partial charge on any atom is 0.264 e. The van der Waals surface area contributed by atoms with Gasteiger partial charge >= 0.3 is 0 Å². The summed E-state index contributed by atoms with van der Waals surface area (Å²) in [5.74, 6) is 0.716. The molecule has 3 N–H and O–H groups in total. The molecule has 16 heteroatoms. The van der Waals surface area contributed by atoms with Crippen molar-refractivity contribution in [1.29, 1.82) is 0 Å². The van der Waals surface area contributed by atoms with Gasteiger partial charge < -0.3 is 15.1 Å². The van der Waals surface area contributed by atoms with E-state index >= 15 is 0 Å². The summed E-state index contributed by atoms with van der Waals surface area (Å²) in [4.78, 5) is 45.2. The van der Waals surface area contributed by atoms with E-state index in [4.69, 9.17) is 4.98 Å². The Morgan fingerprint density at radius 1 is 0.714 bits per heavy atom. The van der Waals surface area contributed by atoms with E-state index in [0.717, 1.165) is 117 Å². The molecular formula is C47H54N8O6S2. The van der Waals surface area contributed by atoms with Crippen LogP contribution in [0.15, 0.2) is 88.9 Å². The quantitative estimate of drug-likeness (QED) is 0.137. The third kappa shape index (κ3) is 8.23. The number of pyridine rings is 3. The molecule has 2 amide bonds. The molecule has 0 spiro atoms. The number of carbonyl (C=O) groups excluding carboxylic acids is 2. The molecule has 14 nitrogen and oxygen atoms in total. The van der Waals surface area contributed by atoms with Crippen LogP contribution in [0.25, 0.3) is 10.9 Å². The van der Waals surface area contributed by atoms with Gasteiger partial charge in [0.1, 0.15) is 11.6 Å². The van der Waals surface area contributed by atoms with Crippen molar-refractivity contribution in [2.24, 2.45) is 0 Å². The summed E-state index contributed by atoms with van der Waals surface area (Å²) >= 11 is 0. The maximum absolute atomic E-state index is 13.5. The first-order valence-corrected chi connectivity index (χ1v) is 25.1. The number of anilines is 3. The second-order valence-corrected chi connectivity index (χ2v) is 20.8. The van der Waals surface area contributed by atoms with Gasteiger partial charge in [0.15, 0.2) is 0 Å². The summed E-state index contributed by atoms with van der Waals surface area (Å²) in [6.07, 6.45) is 12.9. The van der Waals surface area contributed by atoms with Gasteiger partial charge in [-0.05, 0) is 137 Å². The Hall–Kier alpha value is -5.61. The van der Waals surface area contributed by atoms with E-state index in [1.54, 1.807) is 42.6 Å². The molecule has 63 heavy (non-hydrogen) atoms. The minimum atomic E-state index is -4.06. The van der Waals surface area contributed by atoms with E-state index < -0.39 is 42.7 Å². The second-order valence-electron chi connectivity index (χ2n) is 17.5. The van der Waals surface area contributed by atoms with Crippen molar-refractivity contribution in [2.45, 2.75) is 105 Å². The first-order valence-electron chi connectivity index (χ1n) is 22.2. The Bertz CT molecular complexity index is 2810. The van der Waals surface area contributed by atoms with E-state index in [9.17, 15) is 26.4 Å². The molecule has 330 valence electrons. The van der Waals surface area contributed by atoms with Gasteiger partial charge in [-0.15, -0.1) is 0 Å². The van der Waals surface area contributed by atoms with Gasteiger partial charge in [-0.25, -0.2) is 36.2 Å². The van der Waals surface area contributed by atoms with Crippen LogP contribution in [0.4, 0.5) is 17.3 Å². The van der Waals surface area contributed by atoms with Gasteiger partial charge in [0.2, 0.25) is 11.8 Å². The third-order valence-corrected chi connectivity index (χ3v) is 16.1. The molecule has 3 aliphatic heterocycles. The number of hydrogen-bond donors (Lipinski definition) is 3. The van der Waals surface area contributed by atoms with Crippen LogP contribution < -0.4 is 24.6 Å². The van der Waals surface area contributed by atoms with Crippen LogP contribution in [-0.2, 0) is 53.3 Å². The Labute approximate surface area is 369 Å². The first kappa shape index (κ1) is 42.7. The summed E-state index contributed by atoms with van der Waals surface area (Å²) in [5, 5.41) is 3.75. The fourth-order valence-corrected chi connectivity index (χ4v) is 12.0. The zero-order valence-corrected chi connectivity index (χ0v) is 37.5. The Morgan fingerprint density at radius 3 is 1.97 bits per heavy atom. The summed E-state index contributed by atoms with van der Waals surface area (Å²) in [6, 6.07) is 19.4. The fourth-order valence-electron chi connectivity index (χ4n) is 9.41. The molecule has 0 bridgehead atoms. The monoisotopic (exact) mass is 890 g/mol. The molecule has 5 aliphatic rings. The minimum absolute atomic E-state index is 0.0626. The van der Waals surface area contributed by atoms with Gasteiger partial charge in [-0.3, -0.25) is 14.6 Å². The van der Waals surface area contributed by atoms with E-state index in [1.807, 2.05) is 31.3 Å². The largest absolute Gasteiger partial charge is 0.385 e. The van der Waals surface area contributed by atoms with Crippen LogP contribution in [0.2, 0.25) is 0 Å². The number of sulfonamides is 2. The van der Waals surface area contributed by atoms with Crippen LogP contribution in [0.5, 0.6) is 0 Å². The average molecular weight is 891 g/mol. The van der Waals surface area contributed by atoms with Crippen molar-refractivity contribution in [1.82, 2.24) is 24.4 Å². The smallest absolute Gasteiger partial charge is 0.264 e. The Balaban J connectivity index is 0.000000160. The molecule has 2 aromatic carbocycles. The Morgan fingerprint density at radius 2 is 1.32 bits per heavy atom. The van der Waals surface area contributed by atoms with Crippen molar-refractivity contribution in [3.05, 3.63) is 107 Å². The van der Waals surface area contributed by atoms with Crippen LogP contribution in [0.1, 0.15) is 92.7 Å². The topological polar surface area (TPSA) is 184 Å².